The highest BCUT2D eigenvalue weighted by Crippen LogP contribution is 2.18. The number of halogens is 2. The van der Waals surface area contributed by atoms with Crippen molar-refractivity contribution in [1.82, 2.24) is 5.32 Å². The van der Waals surface area contributed by atoms with E-state index in [2.05, 4.69) is 5.32 Å². The van der Waals surface area contributed by atoms with Gasteiger partial charge in [0.05, 0.1) is 0 Å². The number of allylic oxidation sites excluding steroid dienone is 2. The second-order valence-electron chi connectivity index (χ2n) is 3.84. The molecule has 1 atom stereocenters. The Hall–Kier alpha value is -0.960. The maximum Gasteiger partial charge on any atom is 0.110 e. The van der Waals surface area contributed by atoms with Crippen molar-refractivity contribution in [3.63, 3.8) is 0 Å². The minimum absolute atomic E-state index is 0.555. The first kappa shape index (κ1) is 11.5. The topological polar surface area (TPSA) is 38.0 Å². The van der Waals surface area contributed by atoms with Crippen LogP contribution in [0.25, 0.3) is 0 Å². The lowest BCUT2D eigenvalue weighted by Gasteiger charge is -2.30. The molecule has 0 amide bonds. The molecule has 0 bridgehead atoms. The average Bonchev–Trinajstić information content (AvgIpc) is 2.21. The number of dihydropyridines is 1. The van der Waals surface area contributed by atoms with Crippen LogP contribution in [0, 0.1) is 0 Å². The van der Waals surface area contributed by atoms with Crippen LogP contribution in [0.4, 0.5) is 0 Å². The Labute approximate surface area is 105 Å². The number of hydrogen-bond donors (Lipinski definition) is 2. The van der Waals surface area contributed by atoms with E-state index in [1.807, 2.05) is 36.4 Å². The molecule has 4 heteroatoms. The van der Waals surface area contributed by atoms with Crippen LogP contribution in [0.5, 0.6) is 0 Å². The molecule has 1 heterocycles. The second kappa shape index (κ2) is 4.50. The second-order valence-corrected chi connectivity index (χ2v) is 4.69. The van der Waals surface area contributed by atoms with Gasteiger partial charge in [0.2, 0.25) is 0 Å². The molecule has 0 spiro atoms. The molecule has 1 aromatic rings. The van der Waals surface area contributed by atoms with Crippen molar-refractivity contribution >= 4 is 23.2 Å². The maximum absolute atomic E-state index is 6.16. The van der Waals surface area contributed by atoms with Crippen LogP contribution < -0.4 is 11.1 Å². The Balaban J connectivity index is 2.13. The smallest absolute Gasteiger partial charge is 0.110 e. The Bertz CT molecular complexity index is 437. The number of nitrogens with one attached hydrogen (secondary N) is 1. The van der Waals surface area contributed by atoms with Crippen molar-refractivity contribution in [2.24, 2.45) is 5.73 Å². The van der Waals surface area contributed by atoms with Crippen LogP contribution in [0.2, 0.25) is 5.02 Å². The summed E-state index contributed by atoms with van der Waals surface area (Å²) in [6.07, 6.45) is 6.18. The molecule has 3 N–H and O–H groups in total. The Morgan fingerprint density at radius 1 is 1.19 bits per heavy atom. The summed E-state index contributed by atoms with van der Waals surface area (Å²) in [5, 5.41) is 4.32. The van der Waals surface area contributed by atoms with Gasteiger partial charge >= 0.3 is 0 Å². The maximum atomic E-state index is 6.16. The third kappa shape index (κ3) is 2.79. The fourth-order valence-electron chi connectivity index (χ4n) is 1.65. The summed E-state index contributed by atoms with van der Waals surface area (Å²) in [6, 6.07) is 7.62. The van der Waals surface area contributed by atoms with Gasteiger partial charge in [-0.1, -0.05) is 41.4 Å². The zero-order valence-corrected chi connectivity index (χ0v) is 10.1. The molecule has 0 aromatic heterocycles. The summed E-state index contributed by atoms with van der Waals surface area (Å²) in [5.74, 6) is 0. The molecule has 1 aliphatic heterocycles. The number of nitrogens with two attached hydrogens (primary N) is 1. The van der Waals surface area contributed by atoms with E-state index in [1.165, 1.54) is 0 Å². The van der Waals surface area contributed by atoms with E-state index in [1.54, 1.807) is 6.08 Å². The van der Waals surface area contributed by atoms with Crippen molar-refractivity contribution in [1.29, 1.82) is 0 Å². The standard InChI is InChI=1S/C12H12Cl2N2/c13-10-5-3-9(4-6-10)8-12(15)7-1-2-11(14)16-12/h1-7,16H,8,15H2. The van der Waals surface area contributed by atoms with E-state index >= 15 is 0 Å². The van der Waals surface area contributed by atoms with Gasteiger partial charge in [0.25, 0.3) is 0 Å². The van der Waals surface area contributed by atoms with Crippen molar-refractivity contribution in [3.8, 4) is 0 Å². The highest BCUT2D eigenvalue weighted by Gasteiger charge is 2.23. The summed E-state index contributed by atoms with van der Waals surface area (Å²) in [6.45, 7) is 0. The lowest BCUT2D eigenvalue weighted by Crippen LogP contribution is -2.53. The SMILES string of the molecule is NC1(Cc2ccc(Cl)cc2)C=CC=C(Cl)N1. The van der Waals surface area contributed by atoms with Crippen LogP contribution in [0.15, 0.2) is 47.6 Å². The van der Waals surface area contributed by atoms with E-state index in [9.17, 15) is 0 Å². The van der Waals surface area contributed by atoms with E-state index in [0.29, 0.717) is 11.6 Å². The third-order valence-corrected chi connectivity index (χ3v) is 2.87. The molecule has 0 saturated carbocycles. The van der Waals surface area contributed by atoms with Gasteiger partial charge in [-0.2, -0.15) is 0 Å². The highest BCUT2D eigenvalue weighted by molar-refractivity contribution is 6.30. The normalized spacial score (nSPS) is 23.8. The Morgan fingerprint density at radius 3 is 2.50 bits per heavy atom. The molecule has 1 aliphatic rings. The predicted molar refractivity (Wildman–Crippen MR) is 68.3 cm³/mol. The molecule has 84 valence electrons. The van der Waals surface area contributed by atoms with Gasteiger partial charge in [0, 0.05) is 11.4 Å². The molecule has 0 saturated heterocycles. The van der Waals surface area contributed by atoms with Crippen molar-refractivity contribution in [2.45, 2.75) is 12.1 Å². The molecule has 2 nitrogen and oxygen atoms in total. The molecule has 1 unspecified atom stereocenters. The minimum atomic E-state index is -0.625. The third-order valence-electron chi connectivity index (χ3n) is 2.40. The first-order valence-electron chi connectivity index (χ1n) is 4.94. The quantitative estimate of drug-likeness (QED) is 0.797. The summed E-state index contributed by atoms with van der Waals surface area (Å²) < 4.78 is 0. The van der Waals surface area contributed by atoms with Crippen LogP contribution >= 0.6 is 23.2 Å². The fourth-order valence-corrected chi connectivity index (χ4v) is 2.03. The molecule has 0 radical (unpaired) electrons. The van der Waals surface area contributed by atoms with Gasteiger partial charge in [-0.25, -0.2) is 0 Å². The Kier molecular flexibility index (Phi) is 3.24. The number of hydrogen-bond acceptors (Lipinski definition) is 2. The highest BCUT2D eigenvalue weighted by atomic mass is 35.5. The average molecular weight is 255 g/mol. The van der Waals surface area contributed by atoms with Crippen LogP contribution in [-0.4, -0.2) is 5.66 Å². The van der Waals surface area contributed by atoms with Crippen molar-refractivity contribution in [2.75, 3.05) is 0 Å². The van der Waals surface area contributed by atoms with E-state index in [4.69, 9.17) is 28.9 Å². The van der Waals surface area contributed by atoms with Gasteiger partial charge in [-0.15, -0.1) is 0 Å². The van der Waals surface area contributed by atoms with Gasteiger partial charge in [0.15, 0.2) is 0 Å². The van der Waals surface area contributed by atoms with E-state index in [-0.39, 0.29) is 0 Å². The molecule has 2 rings (SSSR count). The van der Waals surface area contributed by atoms with E-state index < -0.39 is 5.66 Å². The molecular weight excluding hydrogens is 243 g/mol. The van der Waals surface area contributed by atoms with Crippen molar-refractivity contribution in [3.05, 3.63) is 58.2 Å². The van der Waals surface area contributed by atoms with Crippen molar-refractivity contribution < 1.29 is 0 Å². The van der Waals surface area contributed by atoms with Gasteiger partial charge < -0.3 is 11.1 Å². The molecule has 1 aromatic carbocycles. The molecular formula is C12H12Cl2N2. The first-order chi connectivity index (χ1) is 7.57. The van der Waals surface area contributed by atoms with E-state index in [0.717, 1.165) is 10.6 Å². The monoisotopic (exact) mass is 254 g/mol. The minimum Gasteiger partial charge on any atom is -0.354 e. The van der Waals surface area contributed by atoms with Gasteiger partial charge in [-0.05, 0) is 29.8 Å². The number of benzene rings is 1. The zero-order valence-electron chi connectivity index (χ0n) is 8.58. The fraction of sp³-hybridized carbons (Fsp3) is 0.167. The molecule has 0 fully saturated rings. The lowest BCUT2D eigenvalue weighted by atomic mass is 9.98. The molecule has 0 aliphatic carbocycles. The summed E-state index contributed by atoms with van der Waals surface area (Å²) in [4.78, 5) is 0. The molecule has 16 heavy (non-hydrogen) atoms. The number of rotatable bonds is 2. The van der Waals surface area contributed by atoms with Crippen LogP contribution in [0.1, 0.15) is 5.56 Å². The van der Waals surface area contributed by atoms with Gasteiger partial charge in [0.1, 0.15) is 10.8 Å². The summed E-state index contributed by atoms with van der Waals surface area (Å²) in [7, 11) is 0. The van der Waals surface area contributed by atoms with Crippen LogP contribution in [-0.2, 0) is 6.42 Å². The summed E-state index contributed by atoms with van der Waals surface area (Å²) in [5.41, 5.74) is 6.64. The lowest BCUT2D eigenvalue weighted by molar-refractivity contribution is 0.461. The zero-order chi connectivity index (χ0) is 11.6. The van der Waals surface area contributed by atoms with Crippen LogP contribution in [0.3, 0.4) is 0 Å². The Morgan fingerprint density at radius 2 is 1.88 bits per heavy atom. The first-order valence-corrected chi connectivity index (χ1v) is 5.70. The summed E-state index contributed by atoms with van der Waals surface area (Å²) >= 11 is 11.7. The largest absolute Gasteiger partial charge is 0.354 e. The van der Waals surface area contributed by atoms with Gasteiger partial charge in [-0.3, -0.25) is 0 Å². The predicted octanol–water partition coefficient (Wildman–Crippen LogP) is 2.78.